The van der Waals surface area contributed by atoms with Gasteiger partial charge in [0.1, 0.15) is 5.56 Å². The molecule has 0 saturated heterocycles. The Morgan fingerprint density at radius 2 is 2.07 bits per heavy atom. The molecule has 0 aliphatic heterocycles. The number of aryl methyl sites for hydroxylation is 1. The van der Waals surface area contributed by atoms with Gasteiger partial charge in [0.2, 0.25) is 5.55 Å². The summed E-state index contributed by atoms with van der Waals surface area (Å²) in [6.07, 6.45) is 2.53. The summed E-state index contributed by atoms with van der Waals surface area (Å²) in [5.74, 6) is 0.281. The van der Waals surface area contributed by atoms with Crippen LogP contribution in [0.4, 0.5) is 10.8 Å². The van der Waals surface area contributed by atoms with E-state index in [0.29, 0.717) is 28.6 Å². The van der Waals surface area contributed by atoms with Gasteiger partial charge in [-0.25, -0.2) is 9.98 Å². The molecule has 0 unspecified atom stereocenters. The molecule has 0 saturated carbocycles. The van der Waals surface area contributed by atoms with Crippen LogP contribution in [0.5, 0.6) is 5.75 Å². The van der Waals surface area contributed by atoms with E-state index in [1.165, 1.54) is 11.3 Å². The molecule has 2 heterocycles. The summed E-state index contributed by atoms with van der Waals surface area (Å²) in [5.41, 5.74) is 2.97. The van der Waals surface area contributed by atoms with E-state index >= 15 is 0 Å². The van der Waals surface area contributed by atoms with Gasteiger partial charge in [-0.05, 0) is 43.2 Å². The van der Waals surface area contributed by atoms with E-state index in [2.05, 4.69) is 22.2 Å². The first-order valence-electron chi connectivity index (χ1n) is 9.72. The first-order valence-corrected chi connectivity index (χ1v) is 10.6. The standard InChI is InChI=1S/C23H21N3O3S/c1-3-15-7-5-9-17(13-15)25-22-18(21(27)26-23-24-11-12-30-23)14-16-8-6-10-19(28-4-2)20(16)29-22/h5-14H,3-4H2,1-2H3,(H,24,26,27). The molecule has 0 aliphatic rings. The summed E-state index contributed by atoms with van der Waals surface area (Å²) >= 11 is 1.35. The predicted molar refractivity (Wildman–Crippen MR) is 118 cm³/mol. The Labute approximate surface area is 177 Å². The predicted octanol–water partition coefficient (Wildman–Crippen LogP) is 5.34. The number of carbonyl (C=O) groups excluding carboxylic acids is 1. The van der Waals surface area contributed by atoms with Crippen LogP contribution in [0.1, 0.15) is 29.8 Å². The molecule has 1 N–H and O–H groups in total. The number of aromatic nitrogens is 1. The van der Waals surface area contributed by atoms with E-state index in [1.54, 1.807) is 17.6 Å². The minimum absolute atomic E-state index is 0.219. The van der Waals surface area contributed by atoms with Gasteiger partial charge in [0, 0.05) is 17.0 Å². The minimum atomic E-state index is -0.331. The molecule has 0 bridgehead atoms. The topological polar surface area (TPSA) is 76.7 Å². The Bertz CT molecular complexity index is 1250. The van der Waals surface area contributed by atoms with Crippen LogP contribution in [0, 0.1) is 0 Å². The van der Waals surface area contributed by atoms with Crippen molar-refractivity contribution in [2.24, 2.45) is 4.99 Å². The van der Waals surface area contributed by atoms with Crippen molar-refractivity contribution < 1.29 is 13.9 Å². The SMILES string of the molecule is CCOc1cccc2cc(C(=O)Nc3nccs3)c(=Nc3cccc(CC)c3)oc12. The zero-order valence-electron chi connectivity index (χ0n) is 16.7. The van der Waals surface area contributed by atoms with Gasteiger partial charge in [0.25, 0.3) is 5.91 Å². The molecule has 1 amide bonds. The molecule has 7 heteroatoms. The highest BCUT2D eigenvalue weighted by molar-refractivity contribution is 7.13. The molecule has 30 heavy (non-hydrogen) atoms. The summed E-state index contributed by atoms with van der Waals surface area (Å²) in [4.78, 5) is 21.8. The van der Waals surface area contributed by atoms with Crippen LogP contribution in [0.15, 0.2) is 69.5 Å². The average Bonchev–Trinajstić information content (AvgIpc) is 3.27. The number of rotatable bonds is 6. The lowest BCUT2D eigenvalue weighted by atomic mass is 10.1. The number of fused-ring (bicyclic) bond motifs is 1. The molecule has 152 valence electrons. The highest BCUT2D eigenvalue weighted by Crippen LogP contribution is 2.26. The Morgan fingerprint density at radius 3 is 2.83 bits per heavy atom. The summed E-state index contributed by atoms with van der Waals surface area (Å²) < 4.78 is 11.8. The third-order valence-corrected chi connectivity index (χ3v) is 5.17. The van der Waals surface area contributed by atoms with Crippen molar-refractivity contribution in [3.05, 3.63) is 76.8 Å². The number of hydrogen-bond acceptors (Lipinski definition) is 6. The Balaban J connectivity index is 1.90. The molecule has 0 radical (unpaired) electrons. The first kappa shape index (κ1) is 19.8. The van der Waals surface area contributed by atoms with Crippen LogP contribution in [-0.2, 0) is 6.42 Å². The smallest absolute Gasteiger partial charge is 0.262 e. The van der Waals surface area contributed by atoms with E-state index in [-0.39, 0.29) is 11.5 Å². The molecule has 4 aromatic rings. The van der Waals surface area contributed by atoms with Crippen LogP contribution in [0.25, 0.3) is 11.0 Å². The van der Waals surface area contributed by atoms with Crippen LogP contribution < -0.4 is 15.6 Å². The molecular formula is C23H21N3O3S. The largest absolute Gasteiger partial charge is 0.490 e. The zero-order valence-corrected chi connectivity index (χ0v) is 17.5. The highest BCUT2D eigenvalue weighted by Gasteiger charge is 2.16. The molecular weight excluding hydrogens is 398 g/mol. The summed E-state index contributed by atoms with van der Waals surface area (Å²) in [6, 6.07) is 15.2. The quantitative estimate of drug-likeness (QED) is 0.458. The molecule has 0 fully saturated rings. The summed E-state index contributed by atoms with van der Waals surface area (Å²) in [5, 5.41) is 5.88. The molecule has 2 aromatic heterocycles. The van der Waals surface area contributed by atoms with Gasteiger partial charge >= 0.3 is 0 Å². The monoisotopic (exact) mass is 419 g/mol. The van der Waals surface area contributed by atoms with Gasteiger partial charge in [-0.2, -0.15) is 0 Å². The van der Waals surface area contributed by atoms with E-state index in [0.717, 1.165) is 23.1 Å². The Kier molecular flexibility index (Phi) is 5.90. The number of nitrogens with zero attached hydrogens (tertiary/aromatic N) is 2. The molecule has 4 rings (SSSR count). The average molecular weight is 420 g/mol. The number of benzene rings is 2. The number of para-hydroxylation sites is 1. The molecule has 0 atom stereocenters. The van der Waals surface area contributed by atoms with E-state index in [9.17, 15) is 4.79 Å². The summed E-state index contributed by atoms with van der Waals surface area (Å²) in [6.45, 7) is 4.50. The Hall–Kier alpha value is -3.45. The molecule has 2 aromatic carbocycles. The van der Waals surface area contributed by atoms with Gasteiger partial charge in [0.05, 0.1) is 12.3 Å². The van der Waals surface area contributed by atoms with Crippen molar-refractivity contribution in [1.29, 1.82) is 0 Å². The summed E-state index contributed by atoms with van der Waals surface area (Å²) in [7, 11) is 0. The second kappa shape index (κ2) is 8.92. The number of carbonyl (C=O) groups is 1. The second-order valence-electron chi connectivity index (χ2n) is 6.50. The second-order valence-corrected chi connectivity index (χ2v) is 7.39. The maximum absolute atomic E-state index is 13.0. The van der Waals surface area contributed by atoms with Crippen molar-refractivity contribution in [2.45, 2.75) is 20.3 Å². The minimum Gasteiger partial charge on any atom is -0.490 e. The van der Waals surface area contributed by atoms with E-state index in [1.807, 2.05) is 49.4 Å². The van der Waals surface area contributed by atoms with E-state index in [4.69, 9.17) is 9.15 Å². The van der Waals surface area contributed by atoms with Gasteiger partial charge in [-0.15, -0.1) is 11.3 Å². The van der Waals surface area contributed by atoms with Crippen molar-refractivity contribution in [3.63, 3.8) is 0 Å². The number of nitrogens with one attached hydrogen (secondary N) is 1. The van der Waals surface area contributed by atoms with E-state index < -0.39 is 0 Å². The van der Waals surface area contributed by atoms with Crippen LogP contribution in [0.3, 0.4) is 0 Å². The van der Waals surface area contributed by atoms with Gasteiger partial charge in [-0.1, -0.05) is 31.2 Å². The normalized spacial score (nSPS) is 11.6. The fraction of sp³-hybridized carbons (Fsp3) is 0.174. The highest BCUT2D eigenvalue weighted by atomic mass is 32.1. The number of ether oxygens (including phenoxy) is 1. The van der Waals surface area contributed by atoms with Crippen molar-refractivity contribution in [3.8, 4) is 5.75 Å². The van der Waals surface area contributed by atoms with Crippen molar-refractivity contribution >= 4 is 39.0 Å². The number of amides is 1. The first-order chi connectivity index (χ1) is 14.7. The fourth-order valence-electron chi connectivity index (χ4n) is 3.05. The third kappa shape index (κ3) is 4.26. The van der Waals surface area contributed by atoms with Gasteiger partial charge < -0.3 is 9.15 Å². The molecule has 0 spiro atoms. The van der Waals surface area contributed by atoms with Gasteiger partial charge in [-0.3, -0.25) is 10.1 Å². The molecule has 0 aliphatic carbocycles. The third-order valence-electron chi connectivity index (χ3n) is 4.49. The lowest BCUT2D eigenvalue weighted by Gasteiger charge is -2.09. The number of hydrogen-bond donors (Lipinski definition) is 1. The van der Waals surface area contributed by atoms with Crippen molar-refractivity contribution in [2.75, 3.05) is 11.9 Å². The number of thiazole rings is 1. The van der Waals surface area contributed by atoms with Crippen LogP contribution >= 0.6 is 11.3 Å². The number of anilines is 1. The fourth-order valence-corrected chi connectivity index (χ4v) is 3.58. The zero-order chi connectivity index (χ0) is 20.9. The van der Waals surface area contributed by atoms with Crippen LogP contribution in [-0.4, -0.2) is 17.5 Å². The maximum Gasteiger partial charge on any atom is 0.262 e. The van der Waals surface area contributed by atoms with Crippen LogP contribution in [0.2, 0.25) is 0 Å². The molecule has 6 nitrogen and oxygen atoms in total. The van der Waals surface area contributed by atoms with Gasteiger partial charge in [0.15, 0.2) is 16.5 Å². The lowest BCUT2D eigenvalue weighted by Crippen LogP contribution is -2.21. The van der Waals surface area contributed by atoms with Crippen molar-refractivity contribution in [1.82, 2.24) is 4.98 Å². The maximum atomic E-state index is 13.0. The Morgan fingerprint density at radius 1 is 1.20 bits per heavy atom. The lowest BCUT2D eigenvalue weighted by molar-refractivity contribution is 0.102.